The molecule has 0 aromatic heterocycles. The number of hydrogen-bond acceptors (Lipinski definition) is 0. The zero-order valence-corrected chi connectivity index (χ0v) is 33.2. The van der Waals surface area contributed by atoms with E-state index in [0.717, 1.165) is 47.3 Å². The number of rotatable bonds is 2. The van der Waals surface area contributed by atoms with Crippen molar-refractivity contribution in [3.8, 4) is 0 Å². The van der Waals surface area contributed by atoms with Crippen LogP contribution in [0.2, 0.25) is 0 Å². The molecule has 5 aliphatic rings. The maximum atomic E-state index is 2.61. The minimum Gasteiger partial charge on any atom is -0.0683 e. The molecule has 0 bridgehead atoms. The Balaban J connectivity index is 0.000000299. The molecule has 274 valence electrons. The van der Waals surface area contributed by atoms with Gasteiger partial charge in [0.05, 0.1) is 0 Å². The molecular formula is C46H90. The van der Waals surface area contributed by atoms with Crippen molar-refractivity contribution >= 4 is 0 Å². The Bertz CT molecular complexity index is 596. The van der Waals surface area contributed by atoms with Crippen LogP contribution in [0.25, 0.3) is 0 Å². The van der Waals surface area contributed by atoms with Crippen molar-refractivity contribution in [2.45, 2.75) is 247 Å². The van der Waals surface area contributed by atoms with Gasteiger partial charge >= 0.3 is 0 Å². The van der Waals surface area contributed by atoms with E-state index in [9.17, 15) is 0 Å². The molecule has 0 aromatic carbocycles. The molecule has 5 rings (SSSR count). The minimum atomic E-state index is 0.986. The van der Waals surface area contributed by atoms with Crippen LogP contribution in [-0.2, 0) is 0 Å². The maximum Gasteiger partial charge on any atom is -0.0383 e. The largest absolute Gasteiger partial charge is 0.0683 e. The first-order chi connectivity index (χ1) is 22.5. The van der Waals surface area contributed by atoms with Crippen molar-refractivity contribution in [3.63, 3.8) is 0 Å². The van der Waals surface area contributed by atoms with E-state index in [1.807, 2.05) is 13.8 Å². The summed E-state index contributed by atoms with van der Waals surface area (Å²) in [6, 6.07) is 0. The predicted molar refractivity (Wildman–Crippen MR) is 210 cm³/mol. The Morgan fingerprint density at radius 3 is 0.783 bits per heavy atom. The standard InChI is InChI=1S/C26H48.2C9H18.C2H6/c1-21-11-8-15-24(16-9-12-21)26-18-10-17-25(19-22(2)20-26)23-13-6-4-3-5-7-14-23;2*1-9-7-5-3-2-4-6-8-9;1-2/h21-26H,3-20H2,1-2H3;2*9H,2-8H2,1H3;1-2H3. The Kier molecular flexibility index (Phi) is 25.5. The monoisotopic (exact) mass is 643 g/mol. The smallest absolute Gasteiger partial charge is 0.0383 e. The van der Waals surface area contributed by atoms with E-state index in [1.54, 1.807) is 57.8 Å². The van der Waals surface area contributed by atoms with E-state index in [2.05, 4.69) is 27.7 Å². The number of hydrogen-bond donors (Lipinski definition) is 0. The first-order valence-electron chi connectivity index (χ1n) is 22.5. The summed E-state index contributed by atoms with van der Waals surface area (Å²) in [6.07, 6.45) is 48.5. The molecule has 0 N–H and O–H groups in total. The zero-order valence-electron chi connectivity index (χ0n) is 33.2. The molecule has 3 unspecified atom stereocenters. The first-order valence-corrected chi connectivity index (χ1v) is 22.5. The Morgan fingerprint density at radius 2 is 0.435 bits per heavy atom. The third-order valence-corrected chi connectivity index (χ3v) is 13.4. The molecule has 0 spiro atoms. The maximum absolute atomic E-state index is 2.61. The molecule has 0 aromatic rings. The van der Waals surface area contributed by atoms with Gasteiger partial charge in [-0.05, 0) is 60.2 Å². The van der Waals surface area contributed by atoms with Crippen LogP contribution >= 0.6 is 0 Å². The van der Waals surface area contributed by atoms with Gasteiger partial charge < -0.3 is 0 Å². The van der Waals surface area contributed by atoms with Crippen LogP contribution in [-0.4, -0.2) is 0 Å². The molecule has 0 nitrogen and oxygen atoms in total. The van der Waals surface area contributed by atoms with E-state index >= 15 is 0 Å². The summed E-state index contributed by atoms with van der Waals surface area (Å²) in [4.78, 5) is 0. The highest BCUT2D eigenvalue weighted by Crippen LogP contribution is 2.42. The summed E-state index contributed by atoms with van der Waals surface area (Å²) in [7, 11) is 0. The van der Waals surface area contributed by atoms with Crippen molar-refractivity contribution in [2.75, 3.05) is 0 Å². The second kappa shape index (κ2) is 27.8. The zero-order chi connectivity index (χ0) is 33.2. The van der Waals surface area contributed by atoms with Crippen molar-refractivity contribution in [2.24, 2.45) is 47.3 Å². The van der Waals surface area contributed by atoms with Gasteiger partial charge in [0.15, 0.2) is 0 Å². The molecule has 3 atom stereocenters. The van der Waals surface area contributed by atoms with E-state index < -0.39 is 0 Å². The third-order valence-electron chi connectivity index (χ3n) is 13.4. The predicted octanol–water partition coefficient (Wildman–Crippen LogP) is 16.5. The lowest BCUT2D eigenvalue weighted by atomic mass is 9.68. The van der Waals surface area contributed by atoms with E-state index in [-0.39, 0.29) is 0 Å². The molecule has 0 saturated heterocycles. The molecule has 46 heavy (non-hydrogen) atoms. The van der Waals surface area contributed by atoms with Gasteiger partial charge in [-0.2, -0.15) is 0 Å². The molecule has 0 heterocycles. The SMILES string of the molecule is CC.CC1CCCC(C2CCCC(C3CCCCCCC3)CC(C)C2)CCC1.CC1CCCCCCC1.CC1CCCCCCC1. The van der Waals surface area contributed by atoms with Gasteiger partial charge in [-0.3, -0.25) is 0 Å². The van der Waals surface area contributed by atoms with E-state index in [1.165, 1.54) is 148 Å². The lowest BCUT2D eigenvalue weighted by Crippen LogP contribution is -2.26. The van der Waals surface area contributed by atoms with Gasteiger partial charge in [0.1, 0.15) is 0 Å². The summed E-state index contributed by atoms with van der Waals surface area (Å²) >= 11 is 0. The lowest BCUT2D eigenvalue weighted by Gasteiger charge is -2.37. The quantitative estimate of drug-likeness (QED) is 0.281. The Morgan fingerprint density at radius 1 is 0.217 bits per heavy atom. The molecule has 0 radical (unpaired) electrons. The molecule has 0 amide bonds. The van der Waals surface area contributed by atoms with Gasteiger partial charge in [0.2, 0.25) is 0 Å². The van der Waals surface area contributed by atoms with Crippen LogP contribution in [0, 0.1) is 47.3 Å². The third kappa shape index (κ3) is 19.9. The first kappa shape index (κ1) is 42.2. The summed E-state index contributed by atoms with van der Waals surface area (Å²) < 4.78 is 0. The average Bonchev–Trinajstić information content (AvgIpc) is 2.98. The van der Waals surface area contributed by atoms with Gasteiger partial charge in [-0.15, -0.1) is 0 Å². The van der Waals surface area contributed by atoms with Crippen LogP contribution in [0.3, 0.4) is 0 Å². The fraction of sp³-hybridized carbons (Fsp3) is 1.00. The van der Waals surface area contributed by atoms with Gasteiger partial charge in [0.25, 0.3) is 0 Å². The Labute approximate surface area is 293 Å². The van der Waals surface area contributed by atoms with Gasteiger partial charge in [-0.1, -0.05) is 234 Å². The summed E-state index contributed by atoms with van der Waals surface area (Å²) in [5.41, 5.74) is 0. The Hall–Kier alpha value is 0. The van der Waals surface area contributed by atoms with Crippen LogP contribution in [0.15, 0.2) is 0 Å². The fourth-order valence-electron chi connectivity index (χ4n) is 10.4. The average molecular weight is 643 g/mol. The van der Waals surface area contributed by atoms with Crippen LogP contribution in [0.4, 0.5) is 0 Å². The molecule has 0 heteroatoms. The summed E-state index contributed by atoms with van der Waals surface area (Å²) in [5, 5.41) is 0. The van der Waals surface area contributed by atoms with Gasteiger partial charge in [-0.25, -0.2) is 0 Å². The van der Waals surface area contributed by atoms with E-state index in [0.29, 0.717) is 0 Å². The van der Waals surface area contributed by atoms with Crippen molar-refractivity contribution in [1.82, 2.24) is 0 Å². The van der Waals surface area contributed by atoms with Crippen LogP contribution < -0.4 is 0 Å². The van der Waals surface area contributed by atoms with Crippen molar-refractivity contribution in [3.05, 3.63) is 0 Å². The molecule has 0 aliphatic heterocycles. The molecule has 5 saturated carbocycles. The summed E-state index contributed by atoms with van der Waals surface area (Å²) in [6.45, 7) is 13.9. The van der Waals surface area contributed by atoms with Crippen LogP contribution in [0.1, 0.15) is 247 Å². The van der Waals surface area contributed by atoms with Crippen molar-refractivity contribution < 1.29 is 0 Å². The molecule has 5 fully saturated rings. The second-order valence-electron chi connectivity index (χ2n) is 17.8. The topological polar surface area (TPSA) is 0 Å². The fourth-order valence-corrected chi connectivity index (χ4v) is 10.4. The normalized spacial score (nSPS) is 32.3. The van der Waals surface area contributed by atoms with Gasteiger partial charge in [0, 0.05) is 0 Å². The minimum absolute atomic E-state index is 0.986. The van der Waals surface area contributed by atoms with Crippen molar-refractivity contribution in [1.29, 1.82) is 0 Å². The second-order valence-corrected chi connectivity index (χ2v) is 17.8. The molecular weight excluding hydrogens is 553 g/mol. The van der Waals surface area contributed by atoms with E-state index in [4.69, 9.17) is 0 Å². The van der Waals surface area contributed by atoms with Crippen LogP contribution in [0.5, 0.6) is 0 Å². The highest BCUT2D eigenvalue weighted by molar-refractivity contribution is 4.82. The summed E-state index contributed by atoms with van der Waals surface area (Å²) in [5.74, 6) is 8.31. The highest BCUT2D eigenvalue weighted by Gasteiger charge is 2.30. The highest BCUT2D eigenvalue weighted by atomic mass is 14.4. The molecule has 5 aliphatic carbocycles. The lowest BCUT2D eigenvalue weighted by molar-refractivity contribution is 0.140.